The van der Waals surface area contributed by atoms with E-state index in [1.165, 1.54) is 18.1 Å². The largest absolute Gasteiger partial charge is 0.493 e. The topological polar surface area (TPSA) is 97.3 Å². The van der Waals surface area contributed by atoms with E-state index in [1.54, 1.807) is 21.3 Å². The van der Waals surface area contributed by atoms with Gasteiger partial charge in [0.2, 0.25) is 5.75 Å². The Bertz CT molecular complexity index is 917. The summed E-state index contributed by atoms with van der Waals surface area (Å²) in [6.45, 7) is 4.14. The van der Waals surface area contributed by atoms with E-state index in [0.29, 0.717) is 34.2 Å². The number of ether oxygens (including phenoxy) is 3. The molecule has 0 aliphatic heterocycles. The number of nitrogens with two attached hydrogens (primary N) is 1. The molecule has 0 unspecified atom stereocenters. The number of hydrogen-bond acceptors (Lipinski definition) is 8. The molecular weight excluding hydrogens is 354 g/mol. The van der Waals surface area contributed by atoms with Crippen LogP contribution in [0.5, 0.6) is 17.2 Å². The molecule has 0 fully saturated rings. The Morgan fingerprint density at radius 2 is 1.69 bits per heavy atom. The summed E-state index contributed by atoms with van der Waals surface area (Å²) in [7, 11) is 4.75. The van der Waals surface area contributed by atoms with Crippen LogP contribution in [0.25, 0.3) is 11.2 Å². The number of hydrogen-bond donors (Lipinski definition) is 1. The zero-order valence-corrected chi connectivity index (χ0v) is 16.1. The van der Waals surface area contributed by atoms with Crippen LogP contribution >= 0.6 is 11.8 Å². The average Bonchev–Trinajstić information content (AvgIpc) is 3.00. The van der Waals surface area contributed by atoms with Gasteiger partial charge in [0.05, 0.1) is 21.3 Å². The summed E-state index contributed by atoms with van der Waals surface area (Å²) in [4.78, 5) is 13.9. The van der Waals surface area contributed by atoms with Gasteiger partial charge in [-0.3, -0.25) is 0 Å². The zero-order chi connectivity index (χ0) is 18.8. The average molecular weight is 375 g/mol. The van der Waals surface area contributed by atoms with Crippen molar-refractivity contribution >= 4 is 28.7 Å². The molecule has 3 aromatic rings. The maximum absolute atomic E-state index is 5.97. The highest BCUT2D eigenvalue weighted by Gasteiger charge is 2.20. The Morgan fingerprint density at radius 3 is 2.23 bits per heavy atom. The van der Waals surface area contributed by atoms with Gasteiger partial charge in [0.1, 0.15) is 6.33 Å². The fourth-order valence-electron chi connectivity index (χ4n) is 2.67. The first-order chi connectivity index (χ1) is 12.5. The monoisotopic (exact) mass is 375 g/mol. The van der Waals surface area contributed by atoms with Crippen molar-refractivity contribution in [2.45, 2.75) is 29.9 Å². The summed E-state index contributed by atoms with van der Waals surface area (Å²) < 4.78 is 18.3. The standard InChI is InChI=1S/C17H21N5O3S/c1-9(2)22-16-13(15(18)19-8-20-16)21-17(22)26-10-6-11(23-3)14(25-5)12(7-10)24-4/h6-9H,1-5H3,(H2,18,19,20). The number of rotatable bonds is 6. The fourth-order valence-corrected chi connectivity index (χ4v) is 3.74. The van der Waals surface area contributed by atoms with Gasteiger partial charge >= 0.3 is 0 Å². The van der Waals surface area contributed by atoms with Crippen molar-refractivity contribution in [2.75, 3.05) is 27.1 Å². The Labute approximate surface area is 155 Å². The summed E-state index contributed by atoms with van der Waals surface area (Å²) in [6.07, 6.45) is 1.45. The Balaban J connectivity index is 2.12. The molecule has 26 heavy (non-hydrogen) atoms. The molecule has 0 atom stereocenters. The van der Waals surface area contributed by atoms with Crippen molar-refractivity contribution in [3.05, 3.63) is 18.5 Å². The molecule has 0 saturated carbocycles. The lowest BCUT2D eigenvalue weighted by atomic mass is 10.3. The van der Waals surface area contributed by atoms with Gasteiger partial charge in [0.15, 0.2) is 33.6 Å². The summed E-state index contributed by atoms with van der Waals surface area (Å²) in [5.41, 5.74) is 7.27. The SMILES string of the molecule is COc1cc(Sc2nc3c(N)ncnc3n2C(C)C)cc(OC)c1OC. The third kappa shape index (κ3) is 3.10. The predicted octanol–water partition coefficient (Wildman–Crippen LogP) is 3.17. The fraction of sp³-hybridized carbons (Fsp3) is 0.353. The van der Waals surface area contributed by atoms with E-state index in [9.17, 15) is 0 Å². The van der Waals surface area contributed by atoms with Crippen LogP contribution < -0.4 is 19.9 Å². The molecule has 138 valence electrons. The minimum Gasteiger partial charge on any atom is -0.493 e. The van der Waals surface area contributed by atoms with Gasteiger partial charge in [0, 0.05) is 10.9 Å². The number of benzene rings is 1. The van der Waals surface area contributed by atoms with E-state index in [1.807, 2.05) is 16.7 Å². The molecule has 0 saturated heterocycles. The third-order valence-electron chi connectivity index (χ3n) is 3.84. The Hall–Kier alpha value is -2.68. The first-order valence-corrected chi connectivity index (χ1v) is 8.78. The van der Waals surface area contributed by atoms with Gasteiger partial charge in [-0.15, -0.1) is 0 Å². The molecule has 1 aromatic carbocycles. The van der Waals surface area contributed by atoms with Gasteiger partial charge in [-0.25, -0.2) is 15.0 Å². The minimum absolute atomic E-state index is 0.152. The molecule has 3 rings (SSSR count). The molecule has 0 bridgehead atoms. The molecule has 0 aliphatic carbocycles. The molecule has 8 nitrogen and oxygen atoms in total. The van der Waals surface area contributed by atoms with Crippen LogP contribution in [-0.2, 0) is 0 Å². The summed E-state index contributed by atoms with van der Waals surface area (Å²) >= 11 is 1.47. The number of nitrogens with zero attached hydrogens (tertiary/aromatic N) is 4. The van der Waals surface area contributed by atoms with Crippen LogP contribution in [0, 0.1) is 0 Å². The van der Waals surface area contributed by atoms with Crippen LogP contribution in [0.3, 0.4) is 0 Å². The first kappa shape index (κ1) is 18.1. The van der Waals surface area contributed by atoms with E-state index in [4.69, 9.17) is 19.9 Å². The number of anilines is 1. The normalized spacial score (nSPS) is 11.2. The molecule has 9 heteroatoms. The second kappa shape index (κ2) is 7.28. The molecular formula is C17H21N5O3S. The first-order valence-electron chi connectivity index (χ1n) is 7.96. The van der Waals surface area contributed by atoms with Crippen LogP contribution in [0.2, 0.25) is 0 Å². The smallest absolute Gasteiger partial charge is 0.203 e. The molecule has 2 heterocycles. The van der Waals surface area contributed by atoms with Crippen LogP contribution in [0.4, 0.5) is 5.82 Å². The molecule has 2 N–H and O–H groups in total. The van der Waals surface area contributed by atoms with Gasteiger partial charge in [-0.1, -0.05) is 11.8 Å². The van der Waals surface area contributed by atoms with Crippen molar-refractivity contribution in [3.8, 4) is 17.2 Å². The van der Waals surface area contributed by atoms with Crippen molar-refractivity contribution in [1.29, 1.82) is 0 Å². The maximum atomic E-state index is 5.97. The maximum Gasteiger partial charge on any atom is 0.203 e. The summed E-state index contributed by atoms with van der Waals surface area (Å²) in [5, 5.41) is 0.761. The lowest BCUT2D eigenvalue weighted by Gasteiger charge is -2.15. The number of methoxy groups -OCH3 is 3. The van der Waals surface area contributed by atoms with Gasteiger partial charge in [0.25, 0.3) is 0 Å². The molecule has 0 amide bonds. The van der Waals surface area contributed by atoms with Crippen molar-refractivity contribution in [3.63, 3.8) is 0 Å². The van der Waals surface area contributed by atoms with Crippen LogP contribution in [0.1, 0.15) is 19.9 Å². The van der Waals surface area contributed by atoms with Crippen molar-refractivity contribution < 1.29 is 14.2 Å². The highest BCUT2D eigenvalue weighted by atomic mass is 32.2. The molecule has 2 aromatic heterocycles. The lowest BCUT2D eigenvalue weighted by Crippen LogP contribution is -2.04. The van der Waals surface area contributed by atoms with Crippen LogP contribution in [-0.4, -0.2) is 40.8 Å². The summed E-state index contributed by atoms with van der Waals surface area (Å²) in [6, 6.07) is 3.91. The quantitative estimate of drug-likeness (QED) is 0.702. The molecule has 0 radical (unpaired) electrons. The minimum atomic E-state index is 0.152. The predicted molar refractivity (Wildman–Crippen MR) is 100 cm³/mol. The van der Waals surface area contributed by atoms with E-state index in [2.05, 4.69) is 28.8 Å². The van der Waals surface area contributed by atoms with E-state index in [-0.39, 0.29) is 6.04 Å². The molecule has 0 spiro atoms. The third-order valence-corrected chi connectivity index (χ3v) is 4.78. The van der Waals surface area contributed by atoms with Gasteiger partial charge in [-0.2, -0.15) is 0 Å². The molecule has 0 aliphatic rings. The lowest BCUT2D eigenvalue weighted by molar-refractivity contribution is 0.323. The number of nitrogen functional groups attached to an aromatic ring is 1. The van der Waals surface area contributed by atoms with Crippen LogP contribution in [0.15, 0.2) is 28.5 Å². The second-order valence-electron chi connectivity index (χ2n) is 5.75. The number of aromatic nitrogens is 4. The highest BCUT2D eigenvalue weighted by Crippen LogP contribution is 2.43. The number of fused-ring (bicyclic) bond motifs is 1. The van der Waals surface area contributed by atoms with Crippen molar-refractivity contribution in [1.82, 2.24) is 19.5 Å². The van der Waals surface area contributed by atoms with E-state index < -0.39 is 0 Å². The number of imidazole rings is 1. The van der Waals surface area contributed by atoms with E-state index >= 15 is 0 Å². The Kier molecular flexibility index (Phi) is 5.08. The zero-order valence-electron chi connectivity index (χ0n) is 15.3. The van der Waals surface area contributed by atoms with Crippen molar-refractivity contribution in [2.24, 2.45) is 0 Å². The summed E-state index contributed by atoms with van der Waals surface area (Å²) in [5.74, 6) is 2.08. The Morgan fingerprint density at radius 1 is 1.04 bits per heavy atom. The second-order valence-corrected chi connectivity index (χ2v) is 6.79. The highest BCUT2D eigenvalue weighted by molar-refractivity contribution is 7.99. The van der Waals surface area contributed by atoms with Gasteiger partial charge in [-0.05, 0) is 26.0 Å². The van der Waals surface area contributed by atoms with Gasteiger partial charge < -0.3 is 24.5 Å². The van der Waals surface area contributed by atoms with E-state index in [0.717, 1.165) is 10.1 Å².